The molecule has 4 nitrogen and oxygen atoms in total. The van der Waals surface area contributed by atoms with Crippen molar-refractivity contribution in [3.05, 3.63) is 46.6 Å². The summed E-state index contributed by atoms with van der Waals surface area (Å²) < 4.78 is 13.1. The molecule has 1 saturated heterocycles. The van der Waals surface area contributed by atoms with E-state index in [0.717, 1.165) is 21.8 Å². The Labute approximate surface area is 147 Å². The van der Waals surface area contributed by atoms with Gasteiger partial charge in [0.05, 0.1) is 4.88 Å². The first-order valence-electron chi connectivity index (χ1n) is 7.41. The Morgan fingerprint density at radius 3 is 2.58 bits per heavy atom. The summed E-state index contributed by atoms with van der Waals surface area (Å²) in [6, 6.07) is 7.84. The molecule has 126 valence electrons. The minimum Gasteiger partial charge on any atom is -0.479 e. The van der Waals surface area contributed by atoms with Crippen molar-refractivity contribution in [1.82, 2.24) is 5.32 Å². The van der Waals surface area contributed by atoms with Crippen LogP contribution in [0.25, 0.3) is 10.4 Å². The summed E-state index contributed by atoms with van der Waals surface area (Å²) in [4.78, 5) is 25.4. The highest BCUT2D eigenvalue weighted by atomic mass is 32.2. The molecule has 1 unspecified atom stereocenters. The summed E-state index contributed by atoms with van der Waals surface area (Å²) in [5, 5.41) is 12.2. The smallest absolute Gasteiger partial charge is 0.330 e. The first-order valence-corrected chi connectivity index (χ1v) is 9.38. The number of hydrogen-bond acceptors (Lipinski definition) is 4. The Bertz CT molecular complexity index is 780. The van der Waals surface area contributed by atoms with Crippen LogP contribution in [0, 0.1) is 12.7 Å². The SMILES string of the molecule is Cc1cc(C(=O)NC2(C(=O)O)CCSC2)sc1-c1ccc(F)cc1. The zero-order valence-corrected chi connectivity index (χ0v) is 14.6. The Kier molecular flexibility index (Phi) is 4.64. The van der Waals surface area contributed by atoms with Crippen LogP contribution in [0.3, 0.4) is 0 Å². The molecule has 24 heavy (non-hydrogen) atoms. The van der Waals surface area contributed by atoms with E-state index in [2.05, 4.69) is 5.32 Å². The Morgan fingerprint density at radius 2 is 2.00 bits per heavy atom. The minimum absolute atomic E-state index is 0.312. The second kappa shape index (κ2) is 6.57. The quantitative estimate of drug-likeness (QED) is 0.870. The second-order valence-corrected chi connectivity index (χ2v) is 7.93. The van der Waals surface area contributed by atoms with Gasteiger partial charge >= 0.3 is 5.97 Å². The lowest BCUT2D eigenvalue weighted by atomic mass is 9.99. The summed E-state index contributed by atoms with van der Waals surface area (Å²) in [5.74, 6) is -0.581. The first kappa shape index (κ1) is 17.0. The summed E-state index contributed by atoms with van der Waals surface area (Å²) in [5.41, 5.74) is 0.555. The molecular weight excluding hydrogens is 349 g/mol. The molecule has 2 heterocycles. The molecule has 1 amide bonds. The van der Waals surface area contributed by atoms with Crippen molar-refractivity contribution in [2.45, 2.75) is 18.9 Å². The predicted octanol–water partition coefficient (Wildman–Crippen LogP) is 3.55. The molecule has 3 rings (SSSR count). The van der Waals surface area contributed by atoms with Crippen LogP contribution in [0.5, 0.6) is 0 Å². The number of thiophene rings is 1. The standard InChI is InChI=1S/C17H16FNO3S2/c1-10-8-13(24-14(10)11-2-4-12(18)5-3-11)15(20)19-17(16(21)22)6-7-23-9-17/h2-5,8H,6-7,9H2,1H3,(H,19,20)(H,21,22). The van der Waals surface area contributed by atoms with E-state index in [1.165, 1.54) is 35.2 Å². The van der Waals surface area contributed by atoms with Crippen LogP contribution < -0.4 is 5.32 Å². The fraction of sp³-hybridized carbons (Fsp3) is 0.294. The normalized spacial score (nSPS) is 20.1. The molecule has 0 saturated carbocycles. The summed E-state index contributed by atoms with van der Waals surface area (Å²) in [6.07, 6.45) is 0.425. The number of halogens is 1. The summed E-state index contributed by atoms with van der Waals surface area (Å²) in [7, 11) is 0. The van der Waals surface area contributed by atoms with Crippen LogP contribution in [0.1, 0.15) is 21.7 Å². The van der Waals surface area contributed by atoms with E-state index in [0.29, 0.717) is 17.1 Å². The molecule has 1 aromatic heterocycles. The molecule has 0 radical (unpaired) electrons. The van der Waals surface area contributed by atoms with Gasteiger partial charge in [-0.1, -0.05) is 12.1 Å². The molecule has 1 aliphatic rings. The van der Waals surface area contributed by atoms with E-state index in [4.69, 9.17) is 0 Å². The average molecular weight is 365 g/mol. The Hall–Kier alpha value is -1.86. The molecule has 1 aliphatic heterocycles. The van der Waals surface area contributed by atoms with Gasteiger partial charge in [-0.3, -0.25) is 4.79 Å². The van der Waals surface area contributed by atoms with Crippen molar-refractivity contribution in [1.29, 1.82) is 0 Å². The maximum Gasteiger partial charge on any atom is 0.330 e. The molecule has 1 atom stereocenters. The van der Waals surface area contributed by atoms with Crippen LogP contribution in [0.4, 0.5) is 4.39 Å². The van der Waals surface area contributed by atoms with Crippen LogP contribution in [-0.2, 0) is 4.79 Å². The van der Waals surface area contributed by atoms with Crippen molar-refractivity contribution in [2.75, 3.05) is 11.5 Å². The van der Waals surface area contributed by atoms with E-state index in [9.17, 15) is 19.1 Å². The van der Waals surface area contributed by atoms with Gasteiger partial charge in [-0.15, -0.1) is 11.3 Å². The highest BCUT2D eigenvalue weighted by molar-refractivity contribution is 7.99. The highest BCUT2D eigenvalue weighted by Crippen LogP contribution is 2.34. The lowest BCUT2D eigenvalue weighted by Gasteiger charge is -2.24. The van der Waals surface area contributed by atoms with Gasteiger partial charge in [0.25, 0.3) is 5.91 Å². The van der Waals surface area contributed by atoms with Crippen LogP contribution in [0.2, 0.25) is 0 Å². The average Bonchev–Trinajstić information content (AvgIpc) is 3.16. The largest absolute Gasteiger partial charge is 0.479 e. The first-order chi connectivity index (χ1) is 11.4. The van der Waals surface area contributed by atoms with E-state index in [-0.39, 0.29) is 11.7 Å². The maximum atomic E-state index is 13.1. The van der Waals surface area contributed by atoms with Gasteiger partial charge in [0.1, 0.15) is 11.4 Å². The fourth-order valence-electron chi connectivity index (χ4n) is 2.65. The molecular formula is C17H16FNO3S2. The number of carbonyl (C=O) groups is 2. The zero-order chi connectivity index (χ0) is 17.3. The van der Waals surface area contributed by atoms with E-state index in [1.54, 1.807) is 18.2 Å². The molecule has 1 aromatic carbocycles. The van der Waals surface area contributed by atoms with Gasteiger partial charge in [0, 0.05) is 10.6 Å². The molecule has 7 heteroatoms. The number of carbonyl (C=O) groups excluding carboxylic acids is 1. The second-order valence-electron chi connectivity index (χ2n) is 5.77. The van der Waals surface area contributed by atoms with E-state index in [1.807, 2.05) is 6.92 Å². The highest BCUT2D eigenvalue weighted by Gasteiger charge is 2.43. The summed E-state index contributed by atoms with van der Waals surface area (Å²) >= 11 is 2.81. The maximum absolute atomic E-state index is 13.1. The lowest BCUT2D eigenvalue weighted by molar-refractivity contribution is -0.143. The number of aliphatic carboxylic acids is 1. The fourth-order valence-corrected chi connectivity index (χ4v) is 5.05. The number of hydrogen-bond donors (Lipinski definition) is 2. The van der Waals surface area contributed by atoms with Crippen molar-refractivity contribution in [2.24, 2.45) is 0 Å². The van der Waals surface area contributed by atoms with Gasteiger partial charge in [0.2, 0.25) is 0 Å². The lowest BCUT2D eigenvalue weighted by Crippen LogP contribution is -2.54. The Balaban J connectivity index is 1.85. The van der Waals surface area contributed by atoms with Crippen LogP contribution >= 0.6 is 23.1 Å². The molecule has 1 fully saturated rings. The number of thioether (sulfide) groups is 1. The third kappa shape index (κ3) is 3.18. The van der Waals surface area contributed by atoms with Gasteiger partial charge in [-0.05, 0) is 48.4 Å². The summed E-state index contributed by atoms with van der Waals surface area (Å²) in [6.45, 7) is 1.88. The van der Waals surface area contributed by atoms with Crippen molar-refractivity contribution < 1.29 is 19.1 Å². The van der Waals surface area contributed by atoms with Crippen LogP contribution in [0.15, 0.2) is 30.3 Å². The van der Waals surface area contributed by atoms with Gasteiger partial charge in [-0.2, -0.15) is 11.8 Å². The molecule has 0 spiro atoms. The molecule has 0 aliphatic carbocycles. The van der Waals surface area contributed by atoms with Crippen molar-refractivity contribution in [3.8, 4) is 10.4 Å². The van der Waals surface area contributed by atoms with Gasteiger partial charge < -0.3 is 10.4 Å². The number of rotatable bonds is 4. The third-order valence-corrected chi connectivity index (χ3v) is 6.51. The van der Waals surface area contributed by atoms with E-state index < -0.39 is 11.5 Å². The number of benzene rings is 1. The van der Waals surface area contributed by atoms with Crippen molar-refractivity contribution >= 4 is 35.0 Å². The number of carboxylic acid groups (broad SMARTS) is 1. The number of aryl methyl sites for hydroxylation is 1. The van der Waals surface area contributed by atoms with Crippen molar-refractivity contribution in [3.63, 3.8) is 0 Å². The monoisotopic (exact) mass is 365 g/mol. The number of amides is 1. The van der Waals surface area contributed by atoms with E-state index >= 15 is 0 Å². The third-order valence-electron chi connectivity index (χ3n) is 4.03. The Morgan fingerprint density at radius 1 is 1.29 bits per heavy atom. The van der Waals surface area contributed by atoms with Crippen LogP contribution in [-0.4, -0.2) is 34.0 Å². The molecule has 0 bridgehead atoms. The topological polar surface area (TPSA) is 66.4 Å². The predicted molar refractivity (Wildman–Crippen MR) is 94.2 cm³/mol. The number of nitrogens with one attached hydrogen (secondary N) is 1. The minimum atomic E-state index is -1.18. The molecule has 2 N–H and O–H groups in total. The van der Waals surface area contributed by atoms with Gasteiger partial charge in [0.15, 0.2) is 0 Å². The molecule has 2 aromatic rings. The van der Waals surface area contributed by atoms with Gasteiger partial charge in [-0.25, -0.2) is 9.18 Å². The zero-order valence-electron chi connectivity index (χ0n) is 13.0. The number of carboxylic acids is 1.